The third kappa shape index (κ3) is 3.49. The van der Waals surface area contributed by atoms with Gasteiger partial charge in [-0.05, 0) is 49.8 Å². The smallest absolute Gasteiger partial charge is 0.222 e. The van der Waals surface area contributed by atoms with E-state index in [-0.39, 0.29) is 5.91 Å². The molecule has 1 unspecified atom stereocenters. The van der Waals surface area contributed by atoms with E-state index < -0.39 is 0 Å². The minimum atomic E-state index is 0.231. The van der Waals surface area contributed by atoms with E-state index >= 15 is 0 Å². The van der Waals surface area contributed by atoms with Crippen LogP contribution in [0, 0.1) is 5.92 Å². The maximum absolute atomic E-state index is 12.1. The van der Waals surface area contributed by atoms with Gasteiger partial charge < -0.3 is 4.90 Å². The van der Waals surface area contributed by atoms with Gasteiger partial charge >= 0.3 is 0 Å². The lowest BCUT2D eigenvalue weighted by Crippen LogP contribution is -2.36. The highest BCUT2D eigenvalue weighted by Crippen LogP contribution is 2.34. The molecule has 18 heavy (non-hydrogen) atoms. The van der Waals surface area contributed by atoms with Crippen LogP contribution in [0.15, 0.2) is 24.3 Å². The largest absolute Gasteiger partial charge is 0.343 e. The third-order valence-corrected chi connectivity index (χ3v) is 4.06. The Morgan fingerprint density at radius 3 is 2.83 bits per heavy atom. The van der Waals surface area contributed by atoms with Gasteiger partial charge in [-0.1, -0.05) is 23.7 Å². The molecule has 0 heterocycles. The fourth-order valence-corrected chi connectivity index (χ4v) is 2.45. The number of rotatable bonds is 5. The Kier molecular flexibility index (Phi) is 4.28. The molecule has 0 aliphatic heterocycles. The van der Waals surface area contributed by atoms with Gasteiger partial charge in [-0.15, -0.1) is 0 Å². The number of aryl methyl sites for hydroxylation is 1. The molecular formula is C15H20ClNO. The van der Waals surface area contributed by atoms with Gasteiger partial charge in [0.15, 0.2) is 0 Å². The van der Waals surface area contributed by atoms with Crippen molar-refractivity contribution in [1.29, 1.82) is 0 Å². The van der Waals surface area contributed by atoms with Crippen molar-refractivity contribution in [2.45, 2.75) is 38.6 Å². The van der Waals surface area contributed by atoms with Crippen LogP contribution in [0.2, 0.25) is 5.02 Å². The van der Waals surface area contributed by atoms with Gasteiger partial charge in [0.25, 0.3) is 0 Å². The lowest BCUT2D eigenvalue weighted by molar-refractivity contribution is -0.132. The molecule has 2 nitrogen and oxygen atoms in total. The Morgan fingerprint density at radius 2 is 2.22 bits per heavy atom. The monoisotopic (exact) mass is 265 g/mol. The average molecular weight is 266 g/mol. The summed E-state index contributed by atoms with van der Waals surface area (Å²) in [7, 11) is 1.92. The van der Waals surface area contributed by atoms with Crippen LogP contribution in [0.1, 0.15) is 31.7 Å². The first-order valence-electron chi connectivity index (χ1n) is 6.58. The number of halogens is 1. The van der Waals surface area contributed by atoms with E-state index in [0.717, 1.165) is 22.9 Å². The molecule has 0 saturated heterocycles. The molecule has 3 heteroatoms. The first-order valence-corrected chi connectivity index (χ1v) is 6.96. The Hall–Kier alpha value is -1.02. The van der Waals surface area contributed by atoms with E-state index in [1.807, 2.05) is 36.2 Å². The van der Waals surface area contributed by atoms with Crippen molar-refractivity contribution < 1.29 is 4.79 Å². The molecule has 2 rings (SSSR count). The van der Waals surface area contributed by atoms with E-state index in [1.165, 1.54) is 12.8 Å². The molecule has 1 aromatic rings. The summed E-state index contributed by atoms with van der Waals surface area (Å²) in [4.78, 5) is 14.0. The lowest BCUT2D eigenvalue weighted by Gasteiger charge is -2.25. The van der Waals surface area contributed by atoms with Crippen molar-refractivity contribution in [2.24, 2.45) is 5.92 Å². The average Bonchev–Trinajstić information content (AvgIpc) is 3.18. The van der Waals surface area contributed by atoms with Crippen molar-refractivity contribution >= 4 is 17.5 Å². The Labute approximate surface area is 114 Å². The Balaban J connectivity index is 1.84. The van der Waals surface area contributed by atoms with E-state index in [4.69, 9.17) is 11.6 Å². The molecule has 0 N–H and O–H groups in total. The van der Waals surface area contributed by atoms with Crippen molar-refractivity contribution in [1.82, 2.24) is 4.90 Å². The first kappa shape index (κ1) is 13.4. The van der Waals surface area contributed by atoms with Crippen molar-refractivity contribution in [3.05, 3.63) is 34.9 Å². The summed E-state index contributed by atoms with van der Waals surface area (Å²) in [6.45, 7) is 2.15. The van der Waals surface area contributed by atoms with Crippen LogP contribution < -0.4 is 0 Å². The van der Waals surface area contributed by atoms with Gasteiger partial charge in [0.05, 0.1) is 0 Å². The molecular weight excluding hydrogens is 246 g/mol. The molecule has 1 saturated carbocycles. The fraction of sp³-hybridized carbons (Fsp3) is 0.533. The van der Waals surface area contributed by atoms with Crippen LogP contribution in [0.25, 0.3) is 0 Å². The summed E-state index contributed by atoms with van der Waals surface area (Å²) >= 11 is 5.93. The van der Waals surface area contributed by atoms with Crippen molar-refractivity contribution in [3.8, 4) is 0 Å². The van der Waals surface area contributed by atoms with Gasteiger partial charge in [-0.3, -0.25) is 4.79 Å². The minimum absolute atomic E-state index is 0.231. The number of carbonyl (C=O) groups excluding carboxylic acids is 1. The second-order valence-electron chi connectivity index (χ2n) is 5.21. The molecule has 0 spiro atoms. The number of hydrogen-bond donors (Lipinski definition) is 0. The maximum atomic E-state index is 12.1. The number of carbonyl (C=O) groups is 1. The second-order valence-corrected chi connectivity index (χ2v) is 5.65. The van der Waals surface area contributed by atoms with Gasteiger partial charge in [-0.25, -0.2) is 0 Å². The summed E-state index contributed by atoms with van der Waals surface area (Å²) in [6.07, 6.45) is 3.87. The van der Waals surface area contributed by atoms with E-state index in [1.54, 1.807) is 0 Å². The van der Waals surface area contributed by atoms with E-state index in [0.29, 0.717) is 12.5 Å². The summed E-state index contributed by atoms with van der Waals surface area (Å²) in [6, 6.07) is 8.12. The number of nitrogens with zero attached hydrogens (tertiary/aromatic N) is 1. The predicted molar refractivity (Wildman–Crippen MR) is 74.7 cm³/mol. The number of hydrogen-bond acceptors (Lipinski definition) is 1. The maximum Gasteiger partial charge on any atom is 0.222 e. The highest BCUT2D eigenvalue weighted by atomic mass is 35.5. The number of amides is 1. The van der Waals surface area contributed by atoms with Crippen LogP contribution in [0.3, 0.4) is 0 Å². The molecule has 0 aromatic heterocycles. The summed E-state index contributed by atoms with van der Waals surface area (Å²) < 4.78 is 0. The molecule has 1 aliphatic rings. The quantitative estimate of drug-likeness (QED) is 0.798. The van der Waals surface area contributed by atoms with Gasteiger partial charge in [0.2, 0.25) is 5.91 Å². The number of benzene rings is 1. The zero-order chi connectivity index (χ0) is 13.1. The highest BCUT2D eigenvalue weighted by Gasteiger charge is 2.32. The molecule has 1 aliphatic carbocycles. The zero-order valence-corrected chi connectivity index (χ0v) is 11.8. The third-order valence-electron chi connectivity index (χ3n) is 3.83. The lowest BCUT2D eigenvalue weighted by atomic mass is 10.1. The van der Waals surface area contributed by atoms with Gasteiger partial charge in [0.1, 0.15) is 0 Å². The highest BCUT2D eigenvalue weighted by molar-refractivity contribution is 6.30. The Bertz CT molecular complexity index is 428. The molecule has 1 fully saturated rings. The van der Waals surface area contributed by atoms with Crippen LogP contribution >= 0.6 is 11.6 Å². The molecule has 1 amide bonds. The molecule has 0 radical (unpaired) electrons. The van der Waals surface area contributed by atoms with Crippen molar-refractivity contribution in [2.75, 3.05) is 7.05 Å². The minimum Gasteiger partial charge on any atom is -0.343 e. The first-order chi connectivity index (χ1) is 8.58. The van der Waals surface area contributed by atoms with E-state index in [9.17, 15) is 4.79 Å². The SMILES string of the molecule is CC(C1CC1)N(C)C(=O)CCc1cccc(Cl)c1. The molecule has 98 valence electrons. The van der Waals surface area contributed by atoms with Gasteiger partial charge in [0, 0.05) is 24.5 Å². The standard InChI is InChI=1S/C15H20ClNO/c1-11(13-7-8-13)17(2)15(18)9-6-12-4-3-5-14(16)10-12/h3-5,10-11,13H,6-9H2,1-2H3. The van der Waals surface area contributed by atoms with Crippen LogP contribution in [0.4, 0.5) is 0 Å². The van der Waals surface area contributed by atoms with E-state index in [2.05, 4.69) is 6.92 Å². The van der Waals surface area contributed by atoms with Crippen molar-refractivity contribution in [3.63, 3.8) is 0 Å². The Morgan fingerprint density at radius 1 is 1.50 bits per heavy atom. The second kappa shape index (κ2) is 5.75. The van der Waals surface area contributed by atoms with Gasteiger partial charge in [-0.2, -0.15) is 0 Å². The molecule has 1 atom stereocenters. The van der Waals surface area contributed by atoms with Crippen LogP contribution in [0.5, 0.6) is 0 Å². The molecule has 0 bridgehead atoms. The fourth-order valence-electron chi connectivity index (χ4n) is 2.24. The molecule has 1 aromatic carbocycles. The summed E-state index contributed by atoms with van der Waals surface area (Å²) in [5, 5.41) is 0.736. The topological polar surface area (TPSA) is 20.3 Å². The normalized spacial score (nSPS) is 16.4. The van der Waals surface area contributed by atoms with Crippen LogP contribution in [-0.2, 0) is 11.2 Å². The van der Waals surface area contributed by atoms with Crippen LogP contribution in [-0.4, -0.2) is 23.9 Å². The predicted octanol–water partition coefficient (Wildman–Crippen LogP) is 3.53. The summed E-state index contributed by atoms with van der Waals surface area (Å²) in [5.41, 5.74) is 1.13. The summed E-state index contributed by atoms with van der Waals surface area (Å²) in [5.74, 6) is 0.958. The zero-order valence-electron chi connectivity index (χ0n) is 11.0.